The monoisotopic (exact) mass is 382 g/mol. The van der Waals surface area contributed by atoms with Crippen LogP contribution in [0, 0.1) is 0 Å². The first-order valence-electron chi connectivity index (χ1n) is 10.3. The van der Waals surface area contributed by atoms with E-state index in [-0.39, 0.29) is 6.04 Å². The molecule has 0 aromatic heterocycles. The molecule has 2 aromatic carbocycles. The van der Waals surface area contributed by atoms with Crippen molar-refractivity contribution in [1.29, 1.82) is 0 Å². The highest BCUT2D eigenvalue weighted by atomic mass is 16.5. The van der Waals surface area contributed by atoms with Gasteiger partial charge < -0.3 is 19.6 Å². The first-order chi connectivity index (χ1) is 13.7. The molecule has 0 bridgehead atoms. The summed E-state index contributed by atoms with van der Waals surface area (Å²) in [6, 6.07) is 16.6. The Bertz CT molecular complexity index is 762. The number of rotatable bonds is 6. The molecule has 1 aliphatic heterocycles. The van der Waals surface area contributed by atoms with Gasteiger partial charge in [-0.15, -0.1) is 0 Å². The van der Waals surface area contributed by atoms with Crippen LogP contribution in [-0.2, 0) is 6.42 Å². The van der Waals surface area contributed by atoms with E-state index in [1.807, 2.05) is 24.3 Å². The summed E-state index contributed by atoms with van der Waals surface area (Å²) in [6.07, 6.45) is 5.85. The van der Waals surface area contributed by atoms with Gasteiger partial charge in [-0.1, -0.05) is 30.3 Å². The molecule has 4 rings (SSSR count). The van der Waals surface area contributed by atoms with E-state index in [0.717, 1.165) is 49.5 Å². The Kier molecular flexibility index (Phi) is 6.03. The van der Waals surface area contributed by atoms with Gasteiger partial charge in [0.25, 0.3) is 0 Å². The van der Waals surface area contributed by atoms with Gasteiger partial charge in [-0.05, 0) is 49.8 Å². The second-order valence-electron chi connectivity index (χ2n) is 7.81. The molecule has 5 nitrogen and oxygen atoms in total. The van der Waals surface area contributed by atoms with Gasteiger partial charge in [-0.3, -0.25) is 0 Å². The molecule has 2 aliphatic rings. The van der Waals surface area contributed by atoms with Crippen LogP contribution in [0.1, 0.15) is 31.2 Å². The normalized spacial score (nSPS) is 21.1. The Morgan fingerprint density at radius 2 is 1.79 bits per heavy atom. The second-order valence-corrected chi connectivity index (χ2v) is 7.81. The lowest BCUT2D eigenvalue weighted by Gasteiger charge is -2.39. The predicted octanol–water partition coefficient (Wildman–Crippen LogP) is 4.14. The molecule has 1 saturated carbocycles. The van der Waals surface area contributed by atoms with E-state index >= 15 is 0 Å². The van der Waals surface area contributed by atoms with E-state index in [9.17, 15) is 5.21 Å². The molecule has 2 fully saturated rings. The van der Waals surface area contributed by atoms with E-state index in [1.54, 1.807) is 7.11 Å². The van der Waals surface area contributed by atoms with Gasteiger partial charge in [0, 0.05) is 31.4 Å². The third-order valence-electron chi connectivity index (χ3n) is 5.87. The third kappa shape index (κ3) is 4.42. The van der Waals surface area contributed by atoms with Crippen molar-refractivity contribution >= 4 is 5.69 Å². The van der Waals surface area contributed by atoms with E-state index in [2.05, 4.69) is 29.2 Å². The SMILES string of the molecule is COc1ccc(N2CCN(O)[C@@H](Cc3ccccc3)C2)cc1OC1CCCC1. The zero-order chi connectivity index (χ0) is 19.3. The van der Waals surface area contributed by atoms with Gasteiger partial charge in [0.05, 0.1) is 19.3 Å². The number of ether oxygens (including phenoxy) is 2. The van der Waals surface area contributed by atoms with Gasteiger partial charge in [0.2, 0.25) is 0 Å². The van der Waals surface area contributed by atoms with E-state index < -0.39 is 0 Å². The highest BCUT2D eigenvalue weighted by Gasteiger charge is 2.27. The van der Waals surface area contributed by atoms with Crippen LogP contribution < -0.4 is 14.4 Å². The van der Waals surface area contributed by atoms with Crippen LogP contribution in [0.3, 0.4) is 0 Å². The van der Waals surface area contributed by atoms with Crippen molar-refractivity contribution in [3.05, 3.63) is 54.1 Å². The lowest BCUT2D eigenvalue weighted by Crippen LogP contribution is -2.52. The summed E-state index contributed by atoms with van der Waals surface area (Å²) in [5.41, 5.74) is 2.37. The summed E-state index contributed by atoms with van der Waals surface area (Å²) in [4.78, 5) is 2.33. The molecule has 1 aliphatic carbocycles. The highest BCUT2D eigenvalue weighted by Crippen LogP contribution is 2.35. The Balaban J connectivity index is 1.49. The minimum atomic E-state index is 0.0671. The first kappa shape index (κ1) is 19.1. The topological polar surface area (TPSA) is 45.2 Å². The van der Waals surface area contributed by atoms with Gasteiger partial charge in [0.15, 0.2) is 11.5 Å². The number of methoxy groups -OCH3 is 1. The standard InChI is InChI=1S/C23H30N2O3/c1-27-22-12-11-19(16-23(22)28-21-9-5-6-10-21)24-13-14-25(26)20(17-24)15-18-7-3-2-4-8-18/h2-4,7-8,11-12,16,20-21,26H,5-6,9-10,13-15,17H2,1H3/t20-/m0/s1. The molecule has 28 heavy (non-hydrogen) atoms. The van der Waals surface area contributed by atoms with Gasteiger partial charge in [0.1, 0.15) is 0 Å². The summed E-state index contributed by atoms with van der Waals surface area (Å²) in [7, 11) is 1.69. The number of anilines is 1. The lowest BCUT2D eigenvalue weighted by molar-refractivity contribution is -0.130. The summed E-state index contributed by atoms with van der Waals surface area (Å²) < 4.78 is 11.8. The fraction of sp³-hybridized carbons (Fsp3) is 0.478. The molecule has 2 aromatic rings. The predicted molar refractivity (Wildman–Crippen MR) is 111 cm³/mol. The largest absolute Gasteiger partial charge is 0.493 e. The Hall–Kier alpha value is -2.24. The average molecular weight is 383 g/mol. The molecule has 0 amide bonds. The molecule has 5 heteroatoms. The minimum Gasteiger partial charge on any atom is -0.493 e. The van der Waals surface area contributed by atoms with Crippen molar-refractivity contribution in [2.75, 3.05) is 31.6 Å². The van der Waals surface area contributed by atoms with Crippen molar-refractivity contribution < 1.29 is 14.7 Å². The Morgan fingerprint density at radius 1 is 1.00 bits per heavy atom. The van der Waals surface area contributed by atoms with E-state index in [1.165, 1.54) is 23.5 Å². The van der Waals surface area contributed by atoms with Crippen LogP contribution in [0.4, 0.5) is 5.69 Å². The minimum absolute atomic E-state index is 0.0671. The molecule has 1 atom stereocenters. The fourth-order valence-electron chi connectivity index (χ4n) is 4.28. The van der Waals surface area contributed by atoms with Crippen LogP contribution in [0.5, 0.6) is 11.5 Å². The molecule has 0 radical (unpaired) electrons. The number of hydrogen-bond acceptors (Lipinski definition) is 5. The maximum Gasteiger partial charge on any atom is 0.163 e. The maximum atomic E-state index is 10.4. The van der Waals surface area contributed by atoms with E-state index in [4.69, 9.17) is 9.47 Å². The maximum absolute atomic E-state index is 10.4. The molecule has 150 valence electrons. The number of benzene rings is 2. The molecular weight excluding hydrogens is 352 g/mol. The van der Waals surface area contributed by atoms with Gasteiger partial charge >= 0.3 is 0 Å². The number of piperazine rings is 1. The molecule has 1 N–H and O–H groups in total. The molecular formula is C23H30N2O3. The zero-order valence-corrected chi connectivity index (χ0v) is 16.6. The lowest BCUT2D eigenvalue weighted by atomic mass is 10.0. The number of hydroxylamine groups is 2. The zero-order valence-electron chi connectivity index (χ0n) is 16.6. The molecule has 1 saturated heterocycles. The summed E-state index contributed by atoms with van der Waals surface area (Å²) >= 11 is 0. The quantitative estimate of drug-likeness (QED) is 0.814. The third-order valence-corrected chi connectivity index (χ3v) is 5.87. The Labute approximate surface area is 167 Å². The highest BCUT2D eigenvalue weighted by molar-refractivity contribution is 5.57. The van der Waals surface area contributed by atoms with Gasteiger partial charge in [-0.2, -0.15) is 5.06 Å². The van der Waals surface area contributed by atoms with Crippen molar-refractivity contribution in [2.45, 2.75) is 44.2 Å². The molecule has 1 heterocycles. The van der Waals surface area contributed by atoms with Crippen molar-refractivity contribution in [1.82, 2.24) is 5.06 Å². The molecule has 0 unspecified atom stereocenters. The van der Waals surface area contributed by atoms with Crippen LogP contribution in [0.2, 0.25) is 0 Å². The number of nitrogens with zero attached hydrogens (tertiary/aromatic N) is 2. The smallest absolute Gasteiger partial charge is 0.163 e. The summed E-state index contributed by atoms with van der Waals surface area (Å²) in [5.74, 6) is 1.62. The molecule has 0 spiro atoms. The fourth-order valence-corrected chi connectivity index (χ4v) is 4.28. The van der Waals surface area contributed by atoms with Crippen molar-refractivity contribution in [3.8, 4) is 11.5 Å². The van der Waals surface area contributed by atoms with Crippen LogP contribution >= 0.6 is 0 Å². The number of hydrogen-bond donors (Lipinski definition) is 1. The Morgan fingerprint density at radius 3 is 2.54 bits per heavy atom. The van der Waals surface area contributed by atoms with Crippen LogP contribution in [0.25, 0.3) is 0 Å². The first-order valence-corrected chi connectivity index (χ1v) is 10.3. The second kappa shape index (κ2) is 8.84. The van der Waals surface area contributed by atoms with Crippen LogP contribution in [0.15, 0.2) is 48.5 Å². The van der Waals surface area contributed by atoms with Crippen LogP contribution in [-0.4, -0.2) is 49.2 Å². The van der Waals surface area contributed by atoms with Gasteiger partial charge in [-0.25, -0.2) is 0 Å². The summed E-state index contributed by atoms with van der Waals surface area (Å²) in [5, 5.41) is 11.9. The summed E-state index contributed by atoms with van der Waals surface area (Å²) in [6.45, 7) is 2.19. The average Bonchev–Trinajstić information content (AvgIpc) is 3.23. The van der Waals surface area contributed by atoms with E-state index in [0.29, 0.717) is 12.6 Å². The van der Waals surface area contributed by atoms with Crippen molar-refractivity contribution in [2.24, 2.45) is 0 Å². The van der Waals surface area contributed by atoms with Crippen molar-refractivity contribution in [3.63, 3.8) is 0 Å².